The van der Waals surface area contributed by atoms with Gasteiger partial charge in [0, 0.05) is 8.59 Å². The first kappa shape index (κ1) is 14.6. The molecule has 1 atom stereocenters. The van der Waals surface area contributed by atoms with Crippen LogP contribution in [0.3, 0.4) is 0 Å². The predicted octanol–water partition coefficient (Wildman–Crippen LogP) is 4.39. The van der Waals surface area contributed by atoms with Crippen LogP contribution in [0.5, 0.6) is 5.75 Å². The maximum absolute atomic E-state index is 6.33. The first-order valence-corrected chi connectivity index (χ1v) is 7.50. The van der Waals surface area contributed by atoms with E-state index in [1.165, 1.54) is 0 Å². The zero-order valence-electron chi connectivity index (χ0n) is 10.6. The van der Waals surface area contributed by atoms with Crippen molar-refractivity contribution in [3.63, 3.8) is 0 Å². The highest BCUT2D eigenvalue weighted by atomic mass is 127. The zero-order valence-corrected chi connectivity index (χ0v) is 13.5. The Morgan fingerprint density at radius 1 is 1.26 bits per heavy atom. The fraction of sp³-hybridized carbons (Fsp3) is 0.200. The summed E-state index contributed by atoms with van der Waals surface area (Å²) in [5.41, 5.74) is 8.38. The summed E-state index contributed by atoms with van der Waals surface area (Å²) in [6.07, 6.45) is 0. The highest BCUT2D eigenvalue weighted by Crippen LogP contribution is 2.28. The summed E-state index contributed by atoms with van der Waals surface area (Å²) in [6.45, 7) is 2.61. The van der Waals surface area contributed by atoms with Crippen LogP contribution in [0, 0.1) is 3.57 Å². The molecule has 0 fully saturated rings. The van der Waals surface area contributed by atoms with Crippen LogP contribution in [0.2, 0.25) is 5.02 Å². The van der Waals surface area contributed by atoms with Gasteiger partial charge in [0.25, 0.3) is 0 Å². The van der Waals surface area contributed by atoms with E-state index in [4.69, 9.17) is 22.1 Å². The predicted molar refractivity (Wildman–Crippen MR) is 87.8 cm³/mol. The molecule has 0 aromatic heterocycles. The molecule has 2 aromatic rings. The minimum atomic E-state index is -0.203. The summed E-state index contributed by atoms with van der Waals surface area (Å²) in [7, 11) is 0. The Morgan fingerprint density at radius 2 is 2.05 bits per heavy atom. The van der Waals surface area contributed by atoms with E-state index >= 15 is 0 Å². The molecule has 0 saturated heterocycles. The highest BCUT2D eigenvalue weighted by Gasteiger charge is 2.13. The Kier molecular flexibility index (Phi) is 5.07. The number of nitrogens with two attached hydrogens (primary N) is 1. The van der Waals surface area contributed by atoms with Crippen LogP contribution >= 0.6 is 34.2 Å². The molecule has 100 valence electrons. The lowest BCUT2D eigenvalue weighted by Gasteiger charge is -2.16. The Morgan fingerprint density at radius 3 is 2.79 bits per heavy atom. The van der Waals surface area contributed by atoms with Crippen LogP contribution in [0.1, 0.15) is 24.1 Å². The van der Waals surface area contributed by atoms with Crippen molar-refractivity contribution < 1.29 is 4.74 Å². The third-order valence-electron chi connectivity index (χ3n) is 2.82. The van der Waals surface area contributed by atoms with E-state index in [1.807, 2.05) is 49.4 Å². The summed E-state index contributed by atoms with van der Waals surface area (Å²) in [5, 5.41) is 0.701. The van der Waals surface area contributed by atoms with Gasteiger partial charge in [0.2, 0.25) is 0 Å². The van der Waals surface area contributed by atoms with Gasteiger partial charge < -0.3 is 10.5 Å². The molecule has 0 aliphatic heterocycles. The number of hydrogen-bond donors (Lipinski definition) is 1. The Balaban J connectivity index is 2.35. The van der Waals surface area contributed by atoms with E-state index in [2.05, 4.69) is 22.6 Å². The number of halogens is 2. The largest absolute Gasteiger partial charge is 0.494 e. The monoisotopic (exact) mass is 387 g/mol. The molecule has 1 unspecified atom stereocenters. The summed E-state index contributed by atoms with van der Waals surface area (Å²) >= 11 is 8.32. The van der Waals surface area contributed by atoms with Crippen molar-refractivity contribution in [2.24, 2.45) is 5.73 Å². The van der Waals surface area contributed by atoms with Gasteiger partial charge in [0.1, 0.15) is 5.75 Å². The summed E-state index contributed by atoms with van der Waals surface area (Å²) in [5.74, 6) is 0.840. The molecular formula is C15H15ClINO. The van der Waals surface area contributed by atoms with Gasteiger partial charge in [-0.15, -0.1) is 0 Å². The summed E-state index contributed by atoms with van der Waals surface area (Å²) in [6, 6.07) is 13.4. The Bertz CT molecular complexity index is 574. The molecule has 2 rings (SSSR count). The quantitative estimate of drug-likeness (QED) is 0.790. The first-order valence-electron chi connectivity index (χ1n) is 6.05. The molecule has 4 heteroatoms. The Hall–Kier alpha value is -0.780. The van der Waals surface area contributed by atoms with Crippen molar-refractivity contribution in [1.82, 2.24) is 0 Å². The van der Waals surface area contributed by atoms with Crippen LogP contribution in [0.15, 0.2) is 42.5 Å². The standard InChI is InChI=1S/C15H15ClINO/c1-2-19-12-5-3-4-10(8-12)15(18)13-9-11(16)6-7-14(13)17/h3-9,15H,2,18H2,1H3. The second kappa shape index (κ2) is 6.59. The molecule has 0 bridgehead atoms. The fourth-order valence-electron chi connectivity index (χ4n) is 1.90. The lowest BCUT2D eigenvalue weighted by Crippen LogP contribution is -2.13. The molecule has 19 heavy (non-hydrogen) atoms. The van der Waals surface area contributed by atoms with Crippen LogP contribution in [0.25, 0.3) is 0 Å². The van der Waals surface area contributed by atoms with Crippen molar-refractivity contribution in [2.45, 2.75) is 13.0 Å². The van der Waals surface area contributed by atoms with Gasteiger partial charge in [0.05, 0.1) is 12.6 Å². The number of hydrogen-bond acceptors (Lipinski definition) is 2. The molecule has 2 N–H and O–H groups in total. The van der Waals surface area contributed by atoms with Crippen LogP contribution in [0.4, 0.5) is 0 Å². The van der Waals surface area contributed by atoms with E-state index in [0.29, 0.717) is 11.6 Å². The lowest BCUT2D eigenvalue weighted by atomic mass is 9.99. The van der Waals surface area contributed by atoms with Gasteiger partial charge in [0.15, 0.2) is 0 Å². The second-order valence-corrected chi connectivity index (χ2v) is 5.75. The van der Waals surface area contributed by atoms with E-state index < -0.39 is 0 Å². The van der Waals surface area contributed by atoms with Crippen LogP contribution < -0.4 is 10.5 Å². The highest BCUT2D eigenvalue weighted by molar-refractivity contribution is 14.1. The molecule has 2 nitrogen and oxygen atoms in total. The molecule has 0 aliphatic carbocycles. The Labute approximate surface area is 132 Å². The first-order chi connectivity index (χ1) is 9.11. The average Bonchev–Trinajstić information content (AvgIpc) is 2.41. The van der Waals surface area contributed by atoms with Gasteiger partial charge in [-0.3, -0.25) is 0 Å². The van der Waals surface area contributed by atoms with Crippen molar-refractivity contribution in [1.29, 1.82) is 0 Å². The SMILES string of the molecule is CCOc1cccc(C(N)c2cc(Cl)ccc2I)c1. The maximum Gasteiger partial charge on any atom is 0.119 e. The normalized spacial score (nSPS) is 12.2. The zero-order chi connectivity index (χ0) is 13.8. The lowest BCUT2D eigenvalue weighted by molar-refractivity contribution is 0.340. The molecule has 0 heterocycles. The van der Waals surface area contributed by atoms with E-state index in [0.717, 1.165) is 20.4 Å². The van der Waals surface area contributed by atoms with Crippen molar-refractivity contribution in [3.8, 4) is 5.75 Å². The molecule has 0 amide bonds. The van der Waals surface area contributed by atoms with Crippen LogP contribution in [-0.4, -0.2) is 6.61 Å². The molecule has 0 radical (unpaired) electrons. The van der Waals surface area contributed by atoms with Crippen LogP contribution in [-0.2, 0) is 0 Å². The number of rotatable bonds is 4. The van der Waals surface area contributed by atoms with Crippen molar-refractivity contribution >= 4 is 34.2 Å². The average molecular weight is 388 g/mol. The number of ether oxygens (including phenoxy) is 1. The van der Waals surface area contributed by atoms with Gasteiger partial charge in [-0.1, -0.05) is 23.7 Å². The molecule has 0 aliphatic rings. The maximum atomic E-state index is 6.33. The van der Waals surface area contributed by atoms with Crippen molar-refractivity contribution in [3.05, 3.63) is 62.2 Å². The van der Waals surface area contributed by atoms with E-state index in [1.54, 1.807) is 0 Å². The van der Waals surface area contributed by atoms with Gasteiger partial charge >= 0.3 is 0 Å². The molecule has 2 aromatic carbocycles. The number of benzene rings is 2. The van der Waals surface area contributed by atoms with Gasteiger partial charge in [-0.2, -0.15) is 0 Å². The van der Waals surface area contributed by atoms with Gasteiger partial charge in [-0.25, -0.2) is 0 Å². The second-order valence-electron chi connectivity index (χ2n) is 4.15. The minimum absolute atomic E-state index is 0.203. The third kappa shape index (κ3) is 3.61. The summed E-state index contributed by atoms with van der Waals surface area (Å²) < 4.78 is 6.61. The molecular weight excluding hydrogens is 373 g/mol. The smallest absolute Gasteiger partial charge is 0.119 e. The minimum Gasteiger partial charge on any atom is -0.494 e. The summed E-state index contributed by atoms with van der Waals surface area (Å²) in [4.78, 5) is 0. The van der Waals surface area contributed by atoms with E-state index in [9.17, 15) is 0 Å². The third-order valence-corrected chi connectivity index (χ3v) is 4.04. The topological polar surface area (TPSA) is 35.2 Å². The molecule has 0 spiro atoms. The molecule has 0 saturated carbocycles. The van der Waals surface area contributed by atoms with Crippen molar-refractivity contribution in [2.75, 3.05) is 6.61 Å². The fourth-order valence-corrected chi connectivity index (χ4v) is 2.75. The van der Waals surface area contributed by atoms with Gasteiger partial charge in [-0.05, 0) is 71.0 Å². The van der Waals surface area contributed by atoms with E-state index in [-0.39, 0.29) is 6.04 Å².